The molecular weight excluding hydrogens is 280 g/mol. The van der Waals surface area contributed by atoms with Gasteiger partial charge in [-0.15, -0.1) is 0 Å². The zero-order chi connectivity index (χ0) is 16.3. The number of piperazine rings is 1. The third-order valence-corrected chi connectivity index (χ3v) is 6.20. The molecule has 1 saturated heterocycles. The van der Waals surface area contributed by atoms with Gasteiger partial charge in [-0.3, -0.25) is 4.90 Å². The topological polar surface area (TPSA) is 3.24 Å². The largest absolute Gasteiger partial charge is 0.322 e. The van der Waals surface area contributed by atoms with E-state index in [0.717, 1.165) is 6.04 Å². The predicted octanol–water partition coefficient (Wildman–Crippen LogP) is 4.40. The molecule has 3 rings (SSSR count). The Bertz CT molecular complexity index is 524. The summed E-state index contributed by atoms with van der Waals surface area (Å²) < 4.78 is 1.22. The molecule has 0 saturated carbocycles. The van der Waals surface area contributed by atoms with E-state index in [0.29, 0.717) is 6.04 Å². The van der Waals surface area contributed by atoms with Gasteiger partial charge < -0.3 is 4.48 Å². The summed E-state index contributed by atoms with van der Waals surface area (Å²) in [5.74, 6) is 0. The average molecular weight is 314 g/mol. The van der Waals surface area contributed by atoms with Crippen molar-refractivity contribution in [1.29, 1.82) is 0 Å². The molecule has 2 nitrogen and oxygen atoms in total. The van der Waals surface area contributed by atoms with Crippen molar-refractivity contribution in [2.24, 2.45) is 0 Å². The zero-order valence-electron chi connectivity index (χ0n) is 15.2. The maximum Gasteiger partial charge on any atom is 0.0916 e. The Kier molecular flexibility index (Phi) is 5.23. The van der Waals surface area contributed by atoms with Crippen LogP contribution in [-0.4, -0.2) is 48.7 Å². The van der Waals surface area contributed by atoms with E-state index in [1.54, 1.807) is 5.57 Å². The Hall–Kier alpha value is -1.12. The van der Waals surface area contributed by atoms with Gasteiger partial charge in [0.2, 0.25) is 0 Å². The molecule has 1 aromatic carbocycles. The molecular formula is C21H33N2+. The highest BCUT2D eigenvalue weighted by Gasteiger charge is 2.35. The minimum Gasteiger partial charge on any atom is -0.322 e. The normalized spacial score (nSPS) is 23.6. The first-order valence-corrected chi connectivity index (χ1v) is 9.42. The quantitative estimate of drug-likeness (QED) is 0.588. The number of quaternary nitrogens is 1. The van der Waals surface area contributed by atoms with E-state index in [2.05, 4.69) is 62.2 Å². The SMILES string of the molecule is CC(C)[N+]1(C)CCN(C(C2=CCCCC2)c2ccccc2)CC1. The standard InChI is InChI=1S/C21H33N2/c1-18(2)23(3)16-14-22(15-17-23)21(19-10-6-4-7-11-19)20-12-8-5-9-13-20/h4,6-7,10-12,18,21H,5,8-9,13-17H2,1-3H3/q+1. The summed E-state index contributed by atoms with van der Waals surface area (Å²) in [4.78, 5) is 2.74. The van der Waals surface area contributed by atoms with Crippen LogP contribution in [0.1, 0.15) is 51.1 Å². The Morgan fingerprint density at radius 3 is 2.26 bits per heavy atom. The fraction of sp³-hybridized carbons (Fsp3) is 0.619. The number of likely N-dealkylation sites (N-methyl/N-ethyl adjacent to an activating group) is 1. The van der Waals surface area contributed by atoms with Crippen LogP contribution in [-0.2, 0) is 0 Å². The Labute approximate surface area is 142 Å². The molecule has 1 aliphatic heterocycles. The summed E-state index contributed by atoms with van der Waals surface area (Å²) >= 11 is 0. The lowest BCUT2D eigenvalue weighted by molar-refractivity contribution is -0.933. The zero-order valence-corrected chi connectivity index (χ0v) is 15.2. The third-order valence-electron chi connectivity index (χ3n) is 6.20. The minimum absolute atomic E-state index is 0.511. The molecule has 2 aliphatic rings. The van der Waals surface area contributed by atoms with E-state index in [4.69, 9.17) is 0 Å². The first kappa shape index (κ1) is 16.7. The molecule has 0 amide bonds. The van der Waals surface area contributed by atoms with Gasteiger partial charge in [-0.05, 0) is 45.1 Å². The maximum absolute atomic E-state index is 2.74. The van der Waals surface area contributed by atoms with Crippen LogP contribution in [0.25, 0.3) is 0 Å². The van der Waals surface area contributed by atoms with Crippen molar-refractivity contribution in [1.82, 2.24) is 4.90 Å². The van der Waals surface area contributed by atoms with Gasteiger partial charge in [-0.25, -0.2) is 0 Å². The minimum atomic E-state index is 0.511. The van der Waals surface area contributed by atoms with Crippen molar-refractivity contribution in [2.75, 3.05) is 33.2 Å². The molecule has 1 heterocycles. The summed E-state index contributed by atoms with van der Waals surface area (Å²) in [5.41, 5.74) is 3.16. The Balaban J connectivity index is 1.81. The molecule has 0 radical (unpaired) electrons. The number of hydrogen-bond acceptors (Lipinski definition) is 1. The maximum atomic E-state index is 2.74. The number of allylic oxidation sites excluding steroid dienone is 1. The summed E-state index contributed by atoms with van der Waals surface area (Å²) in [7, 11) is 2.43. The molecule has 2 heteroatoms. The lowest BCUT2D eigenvalue weighted by Crippen LogP contribution is -2.60. The van der Waals surface area contributed by atoms with Gasteiger partial charge in [0.05, 0.1) is 32.2 Å². The number of hydrogen-bond donors (Lipinski definition) is 0. The van der Waals surface area contributed by atoms with Gasteiger partial charge in [0, 0.05) is 13.1 Å². The first-order valence-electron chi connectivity index (χ1n) is 9.42. The van der Waals surface area contributed by atoms with E-state index in [9.17, 15) is 0 Å². The molecule has 126 valence electrons. The van der Waals surface area contributed by atoms with Crippen LogP contribution in [0.15, 0.2) is 42.0 Å². The molecule has 0 spiro atoms. The summed E-state index contributed by atoms with van der Waals surface area (Å²) in [6, 6.07) is 12.4. The first-order chi connectivity index (χ1) is 11.1. The summed E-state index contributed by atoms with van der Waals surface area (Å²) in [6.07, 6.45) is 7.82. The predicted molar refractivity (Wildman–Crippen MR) is 98.4 cm³/mol. The number of nitrogens with zero attached hydrogens (tertiary/aromatic N) is 2. The molecule has 23 heavy (non-hydrogen) atoms. The highest BCUT2D eigenvalue weighted by Crippen LogP contribution is 2.35. The lowest BCUT2D eigenvalue weighted by Gasteiger charge is -2.47. The fourth-order valence-electron chi connectivity index (χ4n) is 4.12. The van der Waals surface area contributed by atoms with Crippen molar-refractivity contribution in [2.45, 2.75) is 51.6 Å². The molecule has 1 fully saturated rings. The molecule has 1 aliphatic carbocycles. The molecule has 0 N–H and O–H groups in total. The second kappa shape index (κ2) is 7.19. The van der Waals surface area contributed by atoms with Gasteiger partial charge in [0.25, 0.3) is 0 Å². The Morgan fingerprint density at radius 2 is 1.70 bits per heavy atom. The van der Waals surface area contributed by atoms with Gasteiger partial charge in [0.1, 0.15) is 0 Å². The summed E-state index contributed by atoms with van der Waals surface area (Å²) in [5, 5.41) is 0. The second-order valence-corrected chi connectivity index (χ2v) is 7.89. The second-order valence-electron chi connectivity index (χ2n) is 7.89. The van der Waals surface area contributed by atoms with E-state index in [1.165, 1.54) is 61.9 Å². The van der Waals surface area contributed by atoms with E-state index >= 15 is 0 Å². The van der Waals surface area contributed by atoms with Crippen LogP contribution in [0.5, 0.6) is 0 Å². The monoisotopic (exact) mass is 313 g/mol. The van der Waals surface area contributed by atoms with Crippen LogP contribution < -0.4 is 0 Å². The molecule has 1 unspecified atom stereocenters. The Morgan fingerprint density at radius 1 is 1.00 bits per heavy atom. The fourth-order valence-corrected chi connectivity index (χ4v) is 4.12. The van der Waals surface area contributed by atoms with Gasteiger partial charge in [-0.2, -0.15) is 0 Å². The molecule has 1 atom stereocenters. The van der Waals surface area contributed by atoms with Crippen LogP contribution in [0, 0.1) is 0 Å². The van der Waals surface area contributed by atoms with Crippen molar-refractivity contribution >= 4 is 0 Å². The third kappa shape index (κ3) is 3.70. The van der Waals surface area contributed by atoms with E-state index in [-0.39, 0.29) is 0 Å². The van der Waals surface area contributed by atoms with Crippen LogP contribution in [0.3, 0.4) is 0 Å². The van der Waals surface area contributed by atoms with E-state index < -0.39 is 0 Å². The van der Waals surface area contributed by atoms with Gasteiger partial charge in [0.15, 0.2) is 0 Å². The molecule has 0 aromatic heterocycles. The average Bonchev–Trinajstić information content (AvgIpc) is 2.59. The molecule has 0 bridgehead atoms. The van der Waals surface area contributed by atoms with E-state index in [1.807, 2.05) is 0 Å². The van der Waals surface area contributed by atoms with Crippen LogP contribution >= 0.6 is 0 Å². The smallest absolute Gasteiger partial charge is 0.0916 e. The highest BCUT2D eigenvalue weighted by atomic mass is 15.4. The lowest BCUT2D eigenvalue weighted by atomic mass is 9.88. The van der Waals surface area contributed by atoms with Crippen LogP contribution in [0.4, 0.5) is 0 Å². The highest BCUT2D eigenvalue weighted by molar-refractivity contribution is 5.29. The number of rotatable bonds is 4. The van der Waals surface area contributed by atoms with Crippen LogP contribution in [0.2, 0.25) is 0 Å². The summed E-state index contributed by atoms with van der Waals surface area (Å²) in [6.45, 7) is 9.71. The van der Waals surface area contributed by atoms with Crippen molar-refractivity contribution in [3.05, 3.63) is 47.5 Å². The van der Waals surface area contributed by atoms with Crippen molar-refractivity contribution in [3.8, 4) is 0 Å². The number of benzene rings is 1. The van der Waals surface area contributed by atoms with Crippen molar-refractivity contribution < 1.29 is 4.48 Å². The van der Waals surface area contributed by atoms with Gasteiger partial charge >= 0.3 is 0 Å². The van der Waals surface area contributed by atoms with Crippen molar-refractivity contribution in [3.63, 3.8) is 0 Å². The molecule has 1 aromatic rings. The van der Waals surface area contributed by atoms with Gasteiger partial charge in [-0.1, -0.05) is 42.0 Å².